The standard InChI is InChI=1S/C22H31N3O3/c1-16(2)28-15-18-8-6-17(7-9-18)13-24-22(23-3)25-14-19-10-11-20(26-4)12-21(19)27-5/h6-12,16H,13-15H2,1-5H3,(H2,23,24,25). The lowest BCUT2D eigenvalue weighted by molar-refractivity contribution is 0.0657. The van der Waals surface area contributed by atoms with E-state index < -0.39 is 0 Å². The van der Waals surface area contributed by atoms with Crippen LogP contribution in [-0.4, -0.2) is 33.3 Å². The number of benzene rings is 2. The summed E-state index contributed by atoms with van der Waals surface area (Å²) >= 11 is 0. The maximum absolute atomic E-state index is 5.63. The smallest absolute Gasteiger partial charge is 0.191 e. The van der Waals surface area contributed by atoms with Crippen molar-refractivity contribution < 1.29 is 14.2 Å². The van der Waals surface area contributed by atoms with Crippen LogP contribution in [0.1, 0.15) is 30.5 Å². The third-order valence-corrected chi connectivity index (χ3v) is 4.23. The summed E-state index contributed by atoms with van der Waals surface area (Å²) in [5.74, 6) is 2.27. The van der Waals surface area contributed by atoms with Crippen molar-refractivity contribution >= 4 is 5.96 Å². The van der Waals surface area contributed by atoms with E-state index in [2.05, 4.69) is 39.9 Å². The van der Waals surface area contributed by atoms with Crippen LogP contribution in [0.25, 0.3) is 0 Å². The molecule has 0 saturated heterocycles. The molecule has 0 bridgehead atoms. The Hall–Kier alpha value is -2.73. The van der Waals surface area contributed by atoms with E-state index in [-0.39, 0.29) is 6.10 Å². The van der Waals surface area contributed by atoms with Crippen molar-refractivity contribution in [3.8, 4) is 11.5 Å². The zero-order valence-electron chi connectivity index (χ0n) is 17.4. The Morgan fingerprint density at radius 3 is 2.21 bits per heavy atom. The molecule has 6 nitrogen and oxygen atoms in total. The SMILES string of the molecule is CN=C(NCc1ccc(COC(C)C)cc1)NCc1ccc(OC)cc1OC. The van der Waals surface area contributed by atoms with Gasteiger partial charge in [-0.05, 0) is 37.1 Å². The van der Waals surface area contributed by atoms with Crippen molar-refractivity contribution in [1.29, 1.82) is 0 Å². The van der Waals surface area contributed by atoms with Gasteiger partial charge in [0.1, 0.15) is 11.5 Å². The summed E-state index contributed by atoms with van der Waals surface area (Å²) < 4.78 is 16.3. The molecule has 0 spiro atoms. The molecule has 2 N–H and O–H groups in total. The Morgan fingerprint density at radius 2 is 1.61 bits per heavy atom. The fourth-order valence-corrected chi connectivity index (χ4v) is 2.60. The number of rotatable bonds is 9. The van der Waals surface area contributed by atoms with Crippen LogP contribution in [0.4, 0.5) is 0 Å². The molecule has 28 heavy (non-hydrogen) atoms. The third kappa shape index (κ3) is 6.78. The number of aliphatic imine (C=N–C) groups is 1. The van der Waals surface area contributed by atoms with E-state index in [4.69, 9.17) is 14.2 Å². The first kappa shape index (κ1) is 21.6. The summed E-state index contributed by atoms with van der Waals surface area (Å²) in [6, 6.07) is 14.2. The molecular weight excluding hydrogens is 354 g/mol. The monoisotopic (exact) mass is 385 g/mol. The molecule has 0 heterocycles. The minimum atomic E-state index is 0.236. The van der Waals surface area contributed by atoms with E-state index in [1.165, 1.54) is 11.1 Å². The van der Waals surface area contributed by atoms with Gasteiger partial charge in [-0.3, -0.25) is 4.99 Å². The molecule has 6 heteroatoms. The summed E-state index contributed by atoms with van der Waals surface area (Å²) in [5, 5.41) is 6.64. The van der Waals surface area contributed by atoms with Crippen molar-refractivity contribution in [1.82, 2.24) is 10.6 Å². The molecule has 0 aliphatic rings. The Bertz CT molecular complexity index is 758. The maximum atomic E-state index is 5.63. The molecule has 152 valence electrons. The van der Waals surface area contributed by atoms with Crippen molar-refractivity contribution in [2.24, 2.45) is 4.99 Å². The highest BCUT2D eigenvalue weighted by Gasteiger charge is 2.06. The van der Waals surface area contributed by atoms with E-state index in [1.54, 1.807) is 21.3 Å². The first-order valence-electron chi connectivity index (χ1n) is 9.40. The fraction of sp³-hybridized carbons (Fsp3) is 0.409. The van der Waals surface area contributed by atoms with Crippen LogP contribution in [0, 0.1) is 0 Å². The number of nitrogens with one attached hydrogen (secondary N) is 2. The number of ether oxygens (including phenoxy) is 3. The van der Waals surface area contributed by atoms with E-state index >= 15 is 0 Å². The van der Waals surface area contributed by atoms with Gasteiger partial charge in [-0.2, -0.15) is 0 Å². The highest BCUT2D eigenvalue weighted by molar-refractivity contribution is 5.79. The second-order valence-electron chi connectivity index (χ2n) is 6.63. The van der Waals surface area contributed by atoms with E-state index in [0.717, 1.165) is 23.0 Å². The summed E-state index contributed by atoms with van der Waals surface area (Å²) in [6.07, 6.45) is 0.236. The highest BCUT2D eigenvalue weighted by Crippen LogP contribution is 2.24. The number of methoxy groups -OCH3 is 2. The quantitative estimate of drug-likeness (QED) is 0.511. The Balaban J connectivity index is 1.86. The van der Waals surface area contributed by atoms with Gasteiger partial charge in [0.25, 0.3) is 0 Å². The predicted molar refractivity (Wildman–Crippen MR) is 113 cm³/mol. The average Bonchev–Trinajstić information content (AvgIpc) is 2.73. The lowest BCUT2D eigenvalue weighted by Crippen LogP contribution is -2.36. The molecule has 0 amide bonds. The van der Waals surface area contributed by atoms with Crippen LogP contribution in [0.3, 0.4) is 0 Å². The minimum Gasteiger partial charge on any atom is -0.497 e. The largest absolute Gasteiger partial charge is 0.497 e. The van der Waals surface area contributed by atoms with Gasteiger partial charge in [0, 0.05) is 31.8 Å². The van der Waals surface area contributed by atoms with E-state index in [1.807, 2.05) is 32.0 Å². The molecular formula is C22H31N3O3. The number of guanidine groups is 1. The molecule has 2 rings (SSSR count). The van der Waals surface area contributed by atoms with Gasteiger partial charge in [-0.25, -0.2) is 0 Å². The van der Waals surface area contributed by atoms with Crippen LogP contribution >= 0.6 is 0 Å². The fourth-order valence-electron chi connectivity index (χ4n) is 2.60. The van der Waals surface area contributed by atoms with Crippen LogP contribution in [0.5, 0.6) is 11.5 Å². The van der Waals surface area contributed by atoms with Gasteiger partial charge >= 0.3 is 0 Å². The first-order valence-corrected chi connectivity index (χ1v) is 9.40. The van der Waals surface area contributed by atoms with E-state index in [9.17, 15) is 0 Å². The van der Waals surface area contributed by atoms with Gasteiger partial charge in [-0.15, -0.1) is 0 Å². The van der Waals surface area contributed by atoms with Crippen molar-refractivity contribution in [2.45, 2.75) is 39.6 Å². The molecule has 0 aliphatic heterocycles. The van der Waals surface area contributed by atoms with Crippen molar-refractivity contribution in [3.63, 3.8) is 0 Å². The molecule has 0 unspecified atom stereocenters. The number of hydrogen-bond acceptors (Lipinski definition) is 4. The zero-order valence-corrected chi connectivity index (χ0v) is 17.4. The second kappa shape index (κ2) is 11.2. The van der Waals surface area contributed by atoms with Crippen molar-refractivity contribution in [3.05, 3.63) is 59.2 Å². The average molecular weight is 386 g/mol. The summed E-state index contributed by atoms with van der Waals surface area (Å²) in [4.78, 5) is 4.28. The third-order valence-electron chi connectivity index (χ3n) is 4.23. The molecule has 0 fully saturated rings. The molecule has 2 aromatic rings. The maximum Gasteiger partial charge on any atom is 0.191 e. The van der Waals surface area contributed by atoms with Crippen molar-refractivity contribution in [2.75, 3.05) is 21.3 Å². The molecule has 0 atom stereocenters. The summed E-state index contributed by atoms with van der Waals surface area (Å²) in [7, 11) is 5.05. The van der Waals surface area contributed by atoms with Gasteiger partial charge in [0.15, 0.2) is 5.96 Å². The topological polar surface area (TPSA) is 64.1 Å². The molecule has 0 saturated carbocycles. The Kier molecular flexibility index (Phi) is 8.62. The van der Waals surface area contributed by atoms with E-state index in [0.29, 0.717) is 19.7 Å². The van der Waals surface area contributed by atoms with Crippen LogP contribution in [0.2, 0.25) is 0 Å². The van der Waals surface area contributed by atoms with Gasteiger partial charge in [-0.1, -0.05) is 24.3 Å². The lowest BCUT2D eigenvalue weighted by atomic mass is 10.1. The Labute approximate surface area is 167 Å². The number of hydrogen-bond donors (Lipinski definition) is 2. The highest BCUT2D eigenvalue weighted by atomic mass is 16.5. The second-order valence-corrected chi connectivity index (χ2v) is 6.63. The predicted octanol–water partition coefficient (Wildman–Crippen LogP) is 3.49. The van der Waals surface area contributed by atoms with Crippen LogP contribution in [-0.2, 0) is 24.4 Å². The lowest BCUT2D eigenvalue weighted by Gasteiger charge is -2.15. The summed E-state index contributed by atoms with van der Waals surface area (Å²) in [6.45, 7) is 6.00. The molecule has 0 aliphatic carbocycles. The zero-order chi connectivity index (χ0) is 20.4. The molecule has 2 aromatic carbocycles. The van der Waals surface area contributed by atoms with Crippen LogP contribution < -0.4 is 20.1 Å². The van der Waals surface area contributed by atoms with Crippen LogP contribution in [0.15, 0.2) is 47.5 Å². The normalized spacial score (nSPS) is 11.4. The summed E-state index contributed by atoms with van der Waals surface area (Å²) in [5.41, 5.74) is 3.38. The first-order chi connectivity index (χ1) is 13.5. The van der Waals surface area contributed by atoms with Gasteiger partial charge in [0.05, 0.1) is 26.9 Å². The van der Waals surface area contributed by atoms with Gasteiger partial charge in [0.2, 0.25) is 0 Å². The Morgan fingerprint density at radius 1 is 0.929 bits per heavy atom. The van der Waals surface area contributed by atoms with Gasteiger partial charge < -0.3 is 24.8 Å². The minimum absolute atomic E-state index is 0.236. The molecule has 0 aromatic heterocycles. The molecule has 0 radical (unpaired) electrons. The number of nitrogens with zero attached hydrogens (tertiary/aromatic N) is 1.